The molecule has 0 aliphatic carbocycles. The lowest BCUT2D eigenvalue weighted by Crippen LogP contribution is -2.36. The predicted molar refractivity (Wildman–Crippen MR) is 81.9 cm³/mol. The molecule has 2 rings (SSSR count). The van der Waals surface area contributed by atoms with E-state index in [1.54, 1.807) is 6.07 Å². The van der Waals surface area contributed by atoms with Gasteiger partial charge >= 0.3 is 6.03 Å². The molecule has 0 spiro atoms. The SMILES string of the molecule is C[C@@H](C[C@@H](O)c1cccs1)NC(=O)Nc1cccc(F)c1. The van der Waals surface area contributed by atoms with E-state index < -0.39 is 18.0 Å². The molecule has 112 valence electrons. The summed E-state index contributed by atoms with van der Waals surface area (Å²) in [5.41, 5.74) is 0.388. The van der Waals surface area contributed by atoms with Gasteiger partial charge in [0.2, 0.25) is 0 Å². The summed E-state index contributed by atoms with van der Waals surface area (Å²) >= 11 is 1.48. The molecule has 21 heavy (non-hydrogen) atoms. The normalized spacial score (nSPS) is 13.5. The van der Waals surface area contributed by atoms with E-state index in [0.29, 0.717) is 12.1 Å². The summed E-state index contributed by atoms with van der Waals surface area (Å²) in [6.07, 6.45) is -0.189. The van der Waals surface area contributed by atoms with E-state index in [0.717, 1.165) is 4.88 Å². The number of aliphatic hydroxyl groups is 1. The van der Waals surface area contributed by atoms with Crippen LogP contribution in [0, 0.1) is 5.82 Å². The zero-order valence-electron chi connectivity index (χ0n) is 11.5. The minimum absolute atomic E-state index is 0.212. The summed E-state index contributed by atoms with van der Waals surface area (Å²) in [6.45, 7) is 1.81. The molecule has 2 atom stereocenters. The van der Waals surface area contributed by atoms with Crippen molar-refractivity contribution in [1.29, 1.82) is 0 Å². The fraction of sp³-hybridized carbons (Fsp3) is 0.267. The van der Waals surface area contributed by atoms with Crippen molar-refractivity contribution < 1.29 is 14.3 Å². The highest BCUT2D eigenvalue weighted by Gasteiger charge is 2.15. The fourth-order valence-electron chi connectivity index (χ4n) is 1.95. The zero-order valence-corrected chi connectivity index (χ0v) is 12.4. The number of hydrogen-bond donors (Lipinski definition) is 3. The lowest BCUT2D eigenvalue weighted by molar-refractivity contribution is 0.158. The van der Waals surface area contributed by atoms with E-state index >= 15 is 0 Å². The lowest BCUT2D eigenvalue weighted by Gasteiger charge is -2.17. The number of hydrogen-bond acceptors (Lipinski definition) is 3. The number of aliphatic hydroxyl groups excluding tert-OH is 1. The maximum Gasteiger partial charge on any atom is 0.319 e. The molecule has 6 heteroatoms. The molecule has 0 saturated carbocycles. The van der Waals surface area contributed by atoms with Gasteiger partial charge < -0.3 is 15.7 Å². The fourth-order valence-corrected chi connectivity index (χ4v) is 2.67. The maximum absolute atomic E-state index is 13.0. The van der Waals surface area contributed by atoms with Crippen LogP contribution in [0.5, 0.6) is 0 Å². The van der Waals surface area contributed by atoms with Gasteiger partial charge in [0.15, 0.2) is 0 Å². The van der Waals surface area contributed by atoms with E-state index in [9.17, 15) is 14.3 Å². The van der Waals surface area contributed by atoms with Crippen molar-refractivity contribution in [3.63, 3.8) is 0 Å². The van der Waals surface area contributed by atoms with Crippen molar-refractivity contribution in [2.24, 2.45) is 0 Å². The number of amides is 2. The second kappa shape index (κ2) is 7.19. The Bertz CT molecular complexity index is 589. The first-order chi connectivity index (χ1) is 10.0. The Morgan fingerprint density at radius 3 is 2.86 bits per heavy atom. The Balaban J connectivity index is 1.82. The number of urea groups is 1. The molecule has 0 bridgehead atoms. The molecular weight excluding hydrogens is 291 g/mol. The van der Waals surface area contributed by atoms with Crippen LogP contribution in [0.1, 0.15) is 24.3 Å². The minimum Gasteiger partial charge on any atom is -0.387 e. The van der Waals surface area contributed by atoms with E-state index in [2.05, 4.69) is 10.6 Å². The van der Waals surface area contributed by atoms with Gasteiger partial charge in [-0.2, -0.15) is 0 Å². The highest BCUT2D eigenvalue weighted by molar-refractivity contribution is 7.10. The first-order valence-corrected chi connectivity index (χ1v) is 7.47. The van der Waals surface area contributed by atoms with Crippen LogP contribution in [0.15, 0.2) is 41.8 Å². The Kier molecular flexibility index (Phi) is 5.30. The molecular formula is C15H17FN2O2S. The van der Waals surface area contributed by atoms with Crippen molar-refractivity contribution in [2.75, 3.05) is 5.32 Å². The molecule has 0 aliphatic heterocycles. The van der Waals surface area contributed by atoms with Gasteiger partial charge in [0.25, 0.3) is 0 Å². The van der Waals surface area contributed by atoms with Crippen LogP contribution in [0.4, 0.5) is 14.9 Å². The van der Waals surface area contributed by atoms with Crippen LogP contribution in [-0.2, 0) is 0 Å². The van der Waals surface area contributed by atoms with E-state index in [-0.39, 0.29) is 6.04 Å². The molecule has 0 saturated heterocycles. The Labute approximate surface area is 126 Å². The summed E-state index contributed by atoms with van der Waals surface area (Å²) in [5.74, 6) is -0.408. The summed E-state index contributed by atoms with van der Waals surface area (Å²) in [5, 5.41) is 17.2. The zero-order chi connectivity index (χ0) is 15.2. The molecule has 0 fully saturated rings. The van der Waals surface area contributed by atoms with Crippen molar-refractivity contribution in [3.8, 4) is 0 Å². The largest absolute Gasteiger partial charge is 0.387 e. The van der Waals surface area contributed by atoms with Gasteiger partial charge in [0, 0.05) is 16.6 Å². The van der Waals surface area contributed by atoms with Gasteiger partial charge in [-0.05, 0) is 43.0 Å². The Morgan fingerprint density at radius 2 is 2.19 bits per heavy atom. The van der Waals surface area contributed by atoms with Crippen molar-refractivity contribution in [1.82, 2.24) is 5.32 Å². The number of carbonyl (C=O) groups is 1. The first-order valence-electron chi connectivity index (χ1n) is 6.59. The average Bonchev–Trinajstić information content (AvgIpc) is 2.91. The molecule has 1 aromatic carbocycles. The summed E-state index contributed by atoms with van der Waals surface area (Å²) in [6, 6.07) is 8.77. The number of thiophene rings is 1. The van der Waals surface area contributed by atoms with E-state index in [1.165, 1.54) is 29.5 Å². The van der Waals surface area contributed by atoms with Gasteiger partial charge in [-0.15, -0.1) is 11.3 Å². The van der Waals surface area contributed by atoms with Crippen LogP contribution in [0.25, 0.3) is 0 Å². The van der Waals surface area contributed by atoms with E-state index in [1.807, 2.05) is 24.4 Å². The second-order valence-electron chi connectivity index (χ2n) is 4.78. The molecule has 3 N–H and O–H groups in total. The van der Waals surface area contributed by atoms with Crippen molar-refractivity contribution in [3.05, 3.63) is 52.5 Å². The number of benzene rings is 1. The van der Waals surface area contributed by atoms with E-state index in [4.69, 9.17) is 0 Å². The van der Waals surface area contributed by atoms with Gasteiger partial charge in [-0.1, -0.05) is 12.1 Å². The number of carbonyl (C=O) groups excluding carboxylic acids is 1. The summed E-state index contributed by atoms with van der Waals surface area (Å²) < 4.78 is 13.0. The monoisotopic (exact) mass is 308 g/mol. The van der Waals surface area contributed by atoms with Crippen molar-refractivity contribution in [2.45, 2.75) is 25.5 Å². The number of halogens is 1. The van der Waals surface area contributed by atoms with Gasteiger partial charge in [-0.3, -0.25) is 0 Å². The second-order valence-corrected chi connectivity index (χ2v) is 5.76. The maximum atomic E-state index is 13.0. The smallest absolute Gasteiger partial charge is 0.319 e. The molecule has 2 aromatic rings. The molecule has 1 heterocycles. The van der Waals surface area contributed by atoms with Crippen LogP contribution >= 0.6 is 11.3 Å². The van der Waals surface area contributed by atoms with Crippen LogP contribution < -0.4 is 10.6 Å². The Hall–Kier alpha value is -1.92. The molecule has 0 aliphatic rings. The highest BCUT2D eigenvalue weighted by atomic mass is 32.1. The first kappa shape index (κ1) is 15.5. The summed E-state index contributed by atoms with van der Waals surface area (Å²) in [7, 11) is 0. The average molecular weight is 308 g/mol. The number of nitrogens with one attached hydrogen (secondary N) is 2. The predicted octanol–water partition coefficient (Wildman–Crippen LogP) is 3.52. The lowest BCUT2D eigenvalue weighted by atomic mass is 10.1. The standard InChI is InChI=1S/C15H17FN2O2S/c1-10(8-13(19)14-6-3-7-21-14)17-15(20)18-12-5-2-4-11(16)9-12/h2-7,9-10,13,19H,8H2,1H3,(H2,17,18,20)/t10-,13+/m0/s1. The van der Waals surface area contributed by atoms with Gasteiger partial charge in [-0.25, -0.2) is 9.18 Å². The summed E-state index contributed by atoms with van der Waals surface area (Å²) in [4.78, 5) is 12.6. The molecule has 0 unspecified atom stereocenters. The Morgan fingerprint density at radius 1 is 1.38 bits per heavy atom. The van der Waals surface area contributed by atoms with Gasteiger partial charge in [0.1, 0.15) is 5.82 Å². The highest BCUT2D eigenvalue weighted by Crippen LogP contribution is 2.22. The van der Waals surface area contributed by atoms with Crippen molar-refractivity contribution >= 4 is 23.1 Å². The third kappa shape index (κ3) is 4.84. The third-order valence-electron chi connectivity index (χ3n) is 2.91. The van der Waals surface area contributed by atoms with Gasteiger partial charge in [0.05, 0.1) is 6.10 Å². The minimum atomic E-state index is -0.602. The molecule has 4 nitrogen and oxygen atoms in total. The number of anilines is 1. The molecule has 1 aromatic heterocycles. The topological polar surface area (TPSA) is 61.4 Å². The van der Waals surface area contributed by atoms with Crippen LogP contribution in [0.2, 0.25) is 0 Å². The quantitative estimate of drug-likeness (QED) is 0.791. The van der Waals surface area contributed by atoms with Crippen LogP contribution in [-0.4, -0.2) is 17.2 Å². The third-order valence-corrected chi connectivity index (χ3v) is 3.88. The number of rotatable bonds is 5. The van der Waals surface area contributed by atoms with Crippen LogP contribution in [0.3, 0.4) is 0 Å². The molecule has 2 amide bonds. The molecule has 0 radical (unpaired) electrons.